The fraction of sp³-hybridized carbons (Fsp3) is 0.0556. The van der Waals surface area contributed by atoms with E-state index in [-0.39, 0.29) is 38.1 Å². The molecule has 6 nitrogen and oxygen atoms in total. The van der Waals surface area contributed by atoms with Gasteiger partial charge in [0.2, 0.25) is 5.96 Å². The van der Waals surface area contributed by atoms with E-state index < -0.39 is 23.8 Å². The molecular weight excluding hydrogens is 466 g/mol. The van der Waals surface area contributed by atoms with Gasteiger partial charge in [-0.15, -0.1) is 0 Å². The summed E-state index contributed by atoms with van der Waals surface area (Å²) in [6.07, 6.45) is -2.79. The highest BCUT2D eigenvalue weighted by Crippen LogP contribution is 2.23. The topological polar surface area (TPSA) is 82.2 Å². The summed E-state index contributed by atoms with van der Waals surface area (Å²) in [5, 5.41) is 11.4. The summed E-state index contributed by atoms with van der Waals surface area (Å²) < 4.78 is 39.2. The van der Waals surface area contributed by atoms with E-state index in [1.807, 2.05) is 0 Å². The van der Waals surface area contributed by atoms with E-state index in [1.54, 1.807) is 0 Å². The number of carbonyl (C=O) groups is 1. The maximum atomic E-state index is 13.6. The number of carbonyl (C=O) groups excluding carboxylic acids is 1. The Hall–Kier alpha value is -2.75. The van der Waals surface area contributed by atoms with Gasteiger partial charge in [-0.25, -0.2) is 13.2 Å². The lowest BCUT2D eigenvalue weighted by Gasteiger charge is -2.12. The minimum absolute atomic E-state index is 0.0902. The van der Waals surface area contributed by atoms with Crippen LogP contribution in [0.1, 0.15) is 22.5 Å². The third-order valence-electron chi connectivity index (χ3n) is 3.58. The van der Waals surface area contributed by atoms with Crippen molar-refractivity contribution in [2.75, 3.05) is 5.32 Å². The molecule has 3 N–H and O–H groups in total. The number of H-pyrrole nitrogens is 1. The third kappa shape index (κ3) is 5.65. The molecule has 156 valence electrons. The van der Waals surface area contributed by atoms with Crippen molar-refractivity contribution in [3.05, 3.63) is 74.6 Å². The highest BCUT2D eigenvalue weighted by atomic mass is 35.5. The zero-order valence-corrected chi connectivity index (χ0v) is 17.0. The summed E-state index contributed by atoms with van der Waals surface area (Å²) in [4.78, 5) is 16.6. The number of benzene rings is 2. The lowest BCUT2D eigenvalue weighted by atomic mass is 10.2. The van der Waals surface area contributed by atoms with Gasteiger partial charge in [0.1, 0.15) is 11.5 Å². The van der Waals surface area contributed by atoms with E-state index in [9.17, 15) is 18.0 Å². The monoisotopic (exact) mass is 475 g/mol. The average Bonchev–Trinajstić information content (AvgIpc) is 3.11. The fourth-order valence-electron chi connectivity index (χ4n) is 2.28. The van der Waals surface area contributed by atoms with Gasteiger partial charge in [-0.1, -0.05) is 34.8 Å². The molecule has 1 amide bonds. The molecule has 12 heteroatoms. The minimum Gasteiger partial charge on any atom is -0.325 e. The van der Waals surface area contributed by atoms with E-state index in [1.165, 1.54) is 24.3 Å². The first-order valence-corrected chi connectivity index (χ1v) is 9.26. The first kappa shape index (κ1) is 21.9. The van der Waals surface area contributed by atoms with Crippen molar-refractivity contribution in [1.82, 2.24) is 15.5 Å². The number of aromatic amines is 1. The van der Waals surface area contributed by atoms with Crippen LogP contribution in [0.3, 0.4) is 0 Å². The van der Waals surface area contributed by atoms with E-state index in [2.05, 4.69) is 25.8 Å². The summed E-state index contributed by atoms with van der Waals surface area (Å²) in [7, 11) is 0. The van der Waals surface area contributed by atoms with Gasteiger partial charge in [-0.05, 0) is 36.4 Å². The van der Waals surface area contributed by atoms with Crippen molar-refractivity contribution >= 4 is 58.2 Å². The number of hydrogen-bond acceptors (Lipinski definition) is 3. The van der Waals surface area contributed by atoms with Crippen LogP contribution >= 0.6 is 34.8 Å². The molecule has 1 aromatic heterocycles. The van der Waals surface area contributed by atoms with Gasteiger partial charge in [-0.2, -0.15) is 10.1 Å². The number of aromatic nitrogens is 2. The number of guanidine groups is 1. The lowest BCUT2D eigenvalue weighted by Crippen LogP contribution is -2.35. The van der Waals surface area contributed by atoms with Crippen LogP contribution in [0.4, 0.5) is 24.7 Å². The van der Waals surface area contributed by atoms with E-state index in [4.69, 9.17) is 34.8 Å². The second kappa shape index (κ2) is 9.38. The van der Waals surface area contributed by atoms with Crippen molar-refractivity contribution in [2.45, 2.75) is 6.43 Å². The van der Waals surface area contributed by atoms with Gasteiger partial charge in [0.05, 0.1) is 10.0 Å². The average molecular weight is 477 g/mol. The number of amides is 1. The van der Waals surface area contributed by atoms with Gasteiger partial charge < -0.3 is 5.32 Å². The highest BCUT2D eigenvalue weighted by Gasteiger charge is 2.15. The third-order valence-corrected chi connectivity index (χ3v) is 4.54. The molecule has 0 spiro atoms. The van der Waals surface area contributed by atoms with Gasteiger partial charge in [0.25, 0.3) is 12.3 Å². The predicted molar refractivity (Wildman–Crippen MR) is 110 cm³/mol. The zero-order chi connectivity index (χ0) is 21.8. The maximum absolute atomic E-state index is 13.6. The Bertz CT molecular complexity index is 1100. The molecule has 0 aliphatic rings. The van der Waals surface area contributed by atoms with Gasteiger partial charge >= 0.3 is 0 Å². The predicted octanol–water partition coefficient (Wildman–Crippen LogP) is 5.98. The first-order valence-electron chi connectivity index (χ1n) is 8.13. The van der Waals surface area contributed by atoms with Crippen LogP contribution in [0.5, 0.6) is 0 Å². The van der Waals surface area contributed by atoms with E-state index >= 15 is 0 Å². The summed E-state index contributed by atoms with van der Waals surface area (Å²) >= 11 is 17.6. The van der Waals surface area contributed by atoms with Crippen molar-refractivity contribution in [2.24, 2.45) is 4.99 Å². The largest absolute Gasteiger partial charge is 0.325 e. The van der Waals surface area contributed by atoms with Crippen LogP contribution in [0.15, 0.2) is 47.5 Å². The van der Waals surface area contributed by atoms with Gasteiger partial charge in [0.15, 0.2) is 5.82 Å². The number of halogens is 6. The summed E-state index contributed by atoms with van der Waals surface area (Å²) in [5.41, 5.74) is -0.165. The standard InChI is InChI=1S/C18H11Cl3F3N5O/c19-9-4-10(22)6-11(5-9)25-18(26-15-7-14(16(23)24)28-29-15)27-17(30)8-1-2-12(20)13(21)3-8/h1-7,16H,(H3,25,26,27,28,29,30). The minimum atomic E-state index is -2.79. The fourth-order valence-corrected chi connectivity index (χ4v) is 2.80. The van der Waals surface area contributed by atoms with Gasteiger partial charge in [0, 0.05) is 22.3 Å². The smallest absolute Gasteiger partial charge is 0.279 e. The normalized spacial score (nSPS) is 11.6. The Morgan fingerprint density at radius 1 is 1.07 bits per heavy atom. The number of aliphatic imine (C=N–C) groups is 1. The molecule has 3 rings (SSSR count). The van der Waals surface area contributed by atoms with E-state index in [0.29, 0.717) is 0 Å². The number of nitrogens with one attached hydrogen (secondary N) is 3. The second-order valence-corrected chi connectivity index (χ2v) is 7.06. The first-order chi connectivity index (χ1) is 14.2. The molecule has 0 saturated carbocycles. The van der Waals surface area contributed by atoms with Crippen molar-refractivity contribution in [1.29, 1.82) is 0 Å². The Kier molecular flexibility index (Phi) is 6.86. The second-order valence-electron chi connectivity index (χ2n) is 5.81. The molecule has 0 fully saturated rings. The molecule has 3 aromatic rings. The van der Waals surface area contributed by atoms with Crippen LogP contribution in [-0.2, 0) is 0 Å². The lowest BCUT2D eigenvalue weighted by molar-refractivity contribution is 0.0977. The molecule has 30 heavy (non-hydrogen) atoms. The Morgan fingerprint density at radius 3 is 2.47 bits per heavy atom. The van der Waals surface area contributed by atoms with Crippen molar-refractivity contribution in [3.8, 4) is 0 Å². The molecule has 0 radical (unpaired) electrons. The SMILES string of the molecule is O=C(NC(=Nc1cc(C(F)F)[nH]n1)Nc1cc(F)cc(Cl)c1)c1ccc(Cl)c(Cl)c1. The van der Waals surface area contributed by atoms with Crippen LogP contribution in [0, 0.1) is 5.82 Å². The molecule has 0 saturated heterocycles. The van der Waals surface area contributed by atoms with Crippen LogP contribution in [-0.4, -0.2) is 22.1 Å². The molecule has 0 aliphatic heterocycles. The number of nitrogens with zero attached hydrogens (tertiary/aromatic N) is 2. The van der Waals surface area contributed by atoms with Crippen LogP contribution in [0.2, 0.25) is 15.1 Å². The summed E-state index contributed by atoms with van der Waals surface area (Å²) in [5.74, 6) is -1.66. The number of alkyl halides is 2. The number of hydrogen-bond donors (Lipinski definition) is 3. The highest BCUT2D eigenvalue weighted by molar-refractivity contribution is 6.42. The van der Waals surface area contributed by atoms with Crippen molar-refractivity contribution in [3.63, 3.8) is 0 Å². The Labute approximate surface area is 183 Å². The number of anilines is 1. The van der Waals surface area contributed by atoms with Crippen molar-refractivity contribution < 1.29 is 18.0 Å². The molecule has 1 heterocycles. The quantitative estimate of drug-likeness (QED) is 0.320. The number of rotatable bonds is 4. The summed E-state index contributed by atoms with van der Waals surface area (Å²) in [6, 6.07) is 8.74. The van der Waals surface area contributed by atoms with Crippen LogP contribution in [0.25, 0.3) is 0 Å². The van der Waals surface area contributed by atoms with Gasteiger partial charge in [-0.3, -0.25) is 15.2 Å². The molecule has 0 aliphatic carbocycles. The molecular formula is C18H11Cl3F3N5O. The maximum Gasteiger partial charge on any atom is 0.279 e. The molecule has 0 atom stereocenters. The Morgan fingerprint density at radius 2 is 1.83 bits per heavy atom. The van der Waals surface area contributed by atoms with E-state index in [0.717, 1.165) is 18.2 Å². The molecule has 0 bridgehead atoms. The van der Waals surface area contributed by atoms with Crippen LogP contribution < -0.4 is 10.6 Å². The molecule has 0 unspecified atom stereocenters. The molecule has 2 aromatic carbocycles. The Balaban J connectivity index is 1.92. The summed E-state index contributed by atoms with van der Waals surface area (Å²) in [6.45, 7) is 0. The zero-order valence-electron chi connectivity index (χ0n) is 14.7.